The summed E-state index contributed by atoms with van der Waals surface area (Å²) in [5.74, 6) is 0.562. The topological polar surface area (TPSA) is 64.7 Å². The lowest BCUT2D eigenvalue weighted by molar-refractivity contribution is -0.387. The molecule has 0 radical (unpaired) electrons. The summed E-state index contributed by atoms with van der Waals surface area (Å²) in [6, 6.07) is 12.4. The molecule has 0 unspecified atom stereocenters. The van der Waals surface area contributed by atoms with E-state index in [0.29, 0.717) is 21.2 Å². The van der Waals surface area contributed by atoms with E-state index >= 15 is 0 Å². The first kappa shape index (κ1) is 16.3. The number of hydrogen-bond donors (Lipinski definition) is 0. The standard InChI is InChI=1S/C15H13ClN2O3S/c1-21-17-9-11-6-7-15(14(8-11)18(19)20)22-10-12-4-2-3-5-13(12)16/h2-9H,10H2,1H3/b17-9-. The fraction of sp³-hybridized carbons (Fsp3) is 0.133. The maximum absolute atomic E-state index is 11.2. The highest BCUT2D eigenvalue weighted by Crippen LogP contribution is 2.33. The fourth-order valence-electron chi connectivity index (χ4n) is 1.76. The second kappa shape index (κ2) is 7.82. The SMILES string of the molecule is CO/N=C\c1ccc(SCc2ccccc2Cl)c([N+](=O)[O-])c1. The Bertz CT molecular complexity index is 707. The third-order valence-electron chi connectivity index (χ3n) is 2.83. The average Bonchev–Trinajstić information content (AvgIpc) is 2.52. The summed E-state index contributed by atoms with van der Waals surface area (Å²) in [5.41, 5.74) is 1.58. The van der Waals surface area contributed by atoms with E-state index in [1.165, 1.54) is 31.2 Å². The van der Waals surface area contributed by atoms with Crippen LogP contribution in [0.15, 0.2) is 52.5 Å². The highest BCUT2D eigenvalue weighted by atomic mass is 35.5. The minimum atomic E-state index is -0.404. The number of thioether (sulfide) groups is 1. The maximum atomic E-state index is 11.2. The zero-order valence-corrected chi connectivity index (χ0v) is 13.3. The van der Waals surface area contributed by atoms with Crippen LogP contribution in [0, 0.1) is 10.1 Å². The van der Waals surface area contributed by atoms with Crippen molar-refractivity contribution in [2.75, 3.05) is 7.11 Å². The molecule has 0 saturated heterocycles. The van der Waals surface area contributed by atoms with Crippen molar-refractivity contribution in [1.82, 2.24) is 0 Å². The van der Waals surface area contributed by atoms with Crippen molar-refractivity contribution >= 4 is 35.3 Å². The van der Waals surface area contributed by atoms with Crippen molar-refractivity contribution in [3.8, 4) is 0 Å². The van der Waals surface area contributed by atoms with Gasteiger partial charge in [-0.15, -0.1) is 11.8 Å². The molecule has 2 aromatic carbocycles. The lowest BCUT2D eigenvalue weighted by Gasteiger charge is -2.05. The van der Waals surface area contributed by atoms with E-state index in [0.717, 1.165) is 5.56 Å². The predicted octanol–water partition coefficient (Wildman–Crippen LogP) is 4.52. The Morgan fingerprint density at radius 1 is 1.36 bits per heavy atom. The van der Waals surface area contributed by atoms with E-state index in [-0.39, 0.29) is 5.69 Å². The Hall–Kier alpha value is -2.05. The van der Waals surface area contributed by atoms with E-state index in [1.807, 2.05) is 18.2 Å². The number of oxime groups is 1. The van der Waals surface area contributed by atoms with Crippen LogP contribution in [0.5, 0.6) is 0 Å². The van der Waals surface area contributed by atoms with Gasteiger partial charge >= 0.3 is 0 Å². The van der Waals surface area contributed by atoms with Gasteiger partial charge in [0.1, 0.15) is 7.11 Å². The van der Waals surface area contributed by atoms with Crippen molar-refractivity contribution in [3.63, 3.8) is 0 Å². The molecule has 0 N–H and O–H groups in total. The van der Waals surface area contributed by atoms with Crippen LogP contribution in [0.2, 0.25) is 5.02 Å². The van der Waals surface area contributed by atoms with E-state index in [1.54, 1.807) is 18.2 Å². The molecule has 0 amide bonds. The van der Waals surface area contributed by atoms with Crippen LogP contribution in [-0.4, -0.2) is 18.2 Å². The van der Waals surface area contributed by atoms with Gasteiger partial charge in [0, 0.05) is 22.4 Å². The largest absolute Gasteiger partial charge is 0.399 e. The molecule has 2 aromatic rings. The van der Waals surface area contributed by atoms with Crippen LogP contribution < -0.4 is 0 Å². The molecule has 7 heteroatoms. The van der Waals surface area contributed by atoms with Gasteiger partial charge in [0.05, 0.1) is 16.0 Å². The van der Waals surface area contributed by atoms with Gasteiger partial charge in [-0.1, -0.05) is 41.0 Å². The maximum Gasteiger partial charge on any atom is 0.283 e. The van der Waals surface area contributed by atoms with E-state index in [2.05, 4.69) is 9.99 Å². The molecular formula is C15H13ClN2O3S. The van der Waals surface area contributed by atoms with Crippen molar-refractivity contribution in [3.05, 3.63) is 68.7 Å². The molecule has 0 bridgehead atoms. The van der Waals surface area contributed by atoms with Crippen LogP contribution in [0.25, 0.3) is 0 Å². The molecule has 0 aliphatic carbocycles. The fourth-order valence-corrected chi connectivity index (χ4v) is 3.05. The summed E-state index contributed by atoms with van der Waals surface area (Å²) in [6.45, 7) is 0. The van der Waals surface area contributed by atoms with E-state index in [4.69, 9.17) is 11.6 Å². The molecular weight excluding hydrogens is 324 g/mol. The Labute approximate surface area is 137 Å². The summed E-state index contributed by atoms with van der Waals surface area (Å²) in [6.07, 6.45) is 1.43. The first-order valence-electron chi connectivity index (χ1n) is 6.33. The summed E-state index contributed by atoms with van der Waals surface area (Å²) >= 11 is 7.47. The van der Waals surface area contributed by atoms with Crippen LogP contribution in [-0.2, 0) is 10.6 Å². The Balaban J connectivity index is 2.21. The monoisotopic (exact) mass is 336 g/mol. The third kappa shape index (κ3) is 4.22. The minimum Gasteiger partial charge on any atom is -0.399 e. The quantitative estimate of drug-likeness (QED) is 0.336. The molecule has 0 aliphatic heterocycles. The Morgan fingerprint density at radius 3 is 2.82 bits per heavy atom. The summed E-state index contributed by atoms with van der Waals surface area (Å²) in [7, 11) is 1.42. The van der Waals surface area contributed by atoms with Crippen LogP contribution in [0.1, 0.15) is 11.1 Å². The molecule has 2 rings (SSSR count). The van der Waals surface area contributed by atoms with Crippen molar-refractivity contribution in [1.29, 1.82) is 0 Å². The summed E-state index contributed by atoms with van der Waals surface area (Å²) in [4.78, 5) is 16.0. The van der Waals surface area contributed by atoms with Crippen molar-refractivity contribution in [2.45, 2.75) is 10.6 Å². The molecule has 0 aliphatic rings. The number of hydrogen-bond acceptors (Lipinski definition) is 5. The number of benzene rings is 2. The Kier molecular flexibility index (Phi) is 5.80. The molecule has 114 valence electrons. The van der Waals surface area contributed by atoms with Gasteiger partial charge in [0.2, 0.25) is 0 Å². The normalized spacial score (nSPS) is 10.8. The number of rotatable bonds is 6. The molecule has 0 spiro atoms. The van der Waals surface area contributed by atoms with Gasteiger partial charge in [0.15, 0.2) is 0 Å². The first-order chi connectivity index (χ1) is 10.6. The van der Waals surface area contributed by atoms with Gasteiger partial charge < -0.3 is 4.84 Å². The molecule has 0 atom stereocenters. The zero-order chi connectivity index (χ0) is 15.9. The van der Waals surface area contributed by atoms with Crippen LogP contribution >= 0.6 is 23.4 Å². The Morgan fingerprint density at radius 2 is 2.14 bits per heavy atom. The first-order valence-corrected chi connectivity index (χ1v) is 7.69. The molecule has 0 saturated carbocycles. The summed E-state index contributed by atoms with van der Waals surface area (Å²) < 4.78 is 0. The molecule has 0 heterocycles. The number of halogens is 1. The molecule has 0 aromatic heterocycles. The van der Waals surface area contributed by atoms with E-state index < -0.39 is 4.92 Å². The van der Waals surface area contributed by atoms with Crippen molar-refractivity contribution in [2.24, 2.45) is 5.16 Å². The highest BCUT2D eigenvalue weighted by molar-refractivity contribution is 7.98. The lowest BCUT2D eigenvalue weighted by atomic mass is 10.2. The van der Waals surface area contributed by atoms with Gasteiger partial charge in [-0.25, -0.2) is 0 Å². The lowest BCUT2D eigenvalue weighted by Crippen LogP contribution is -1.94. The average molecular weight is 337 g/mol. The molecule has 22 heavy (non-hydrogen) atoms. The van der Waals surface area contributed by atoms with Gasteiger partial charge in [-0.2, -0.15) is 0 Å². The number of nitro groups is 1. The molecule has 0 fully saturated rings. The zero-order valence-electron chi connectivity index (χ0n) is 11.7. The third-order valence-corrected chi connectivity index (χ3v) is 4.31. The highest BCUT2D eigenvalue weighted by Gasteiger charge is 2.15. The summed E-state index contributed by atoms with van der Waals surface area (Å²) in [5, 5.41) is 15.5. The molecule has 5 nitrogen and oxygen atoms in total. The van der Waals surface area contributed by atoms with Gasteiger partial charge in [-0.05, 0) is 17.7 Å². The van der Waals surface area contributed by atoms with E-state index in [9.17, 15) is 10.1 Å². The van der Waals surface area contributed by atoms with Crippen LogP contribution in [0.3, 0.4) is 0 Å². The number of nitrogens with zero attached hydrogens (tertiary/aromatic N) is 2. The van der Waals surface area contributed by atoms with Crippen molar-refractivity contribution < 1.29 is 9.76 Å². The smallest absolute Gasteiger partial charge is 0.283 e. The number of nitro benzene ring substituents is 1. The second-order valence-electron chi connectivity index (χ2n) is 4.28. The van der Waals surface area contributed by atoms with Crippen LogP contribution in [0.4, 0.5) is 5.69 Å². The van der Waals surface area contributed by atoms with Gasteiger partial charge in [-0.3, -0.25) is 10.1 Å². The van der Waals surface area contributed by atoms with Gasteiger partial charge in [0.25, 0.3) is 5.69 Å². The second-order valence-corrected chi connectivity index (χ2v) is 5.71. The minimum absolute atomic E-state index is 0.0390. The predicted molar refractivity (Wildman–Crippen MR) is 88.7 cm³/mol.